The Bertz CT molecular complexity index is 2310. The highest BCUT2D eigenvalue weighted by molar-refractivity contribution is 7.10. The van der Waals surface area contributed by atoms with Crippen LogP contribution < -0.4 is 15.0 Å². The van der Waals surface area contributed by atoms with Crippen LogP contribution in [0, 0.1) is 11.6 Å². The van der Waals surface area contributed by atoms with Crippen LogP contribution >= 0.6 is 22.9 Å². The number of rotatable bonds is 14. The van der Waals surface area contributed by atoms with Gasteiger partial charge in [-0.3, -0.25) is 24.5 Å². The van der Waals surface area contributed by atoms with Crippen LogP contribution in [0.4, 0.5) is 14.6 Å². The molecule has 1 N–H and O–H groups in total. The van der Waals surface area contributed by atoms with Crippen LogP contribution in [0.25, 0.3) is 22.0 Å². The number of imide groups is 1. The van der Waals surface area contributed by atoms with Crippen LogP contribution in [-0.4, -0.2) is 107 Å². The largest absolute Gasteiger partial charge is 0.493 e. The lowest BCUT2D eigenvalue weighted by Gasteiger charge is -2.35. The van der Waals surface area contributed by atoms with Crippen molar-refractivity contribution in [2.45, 2.75) is 76.3 Å². The fourth-order valence-corrected chi connectivity index (χ4v) is 10.5. The van der Waals surface area contributed by atoms with Crippen molar-refractivity contribution < 1.29 is 32.7 Å². The van der Waals surface area contributed by atoms with Gasteiger partial charge in [0.25, 0.3) is 5.91 Å². The SMILES string of the molecule is C=CC(=O)N1CCN(c2ncnc3c(F)c(-c4c(F)cccc4OCCCCCCCN4CCC(c5scc6c5CN(C5CCC(=O)NC5=O)C6=O)CC4)c(Cl)cc23)CC1. The number of amides is 4. The van der Waals surface area contributed by atoms with Gasteiger partial charge in [-0.15, -0.1) is 11.3 Å². The summed E-state index contributed by atoms with van der Waals surface area (Å²) in [6, 6.07) is 5.40. The summed E-state index contributed by atoms with van der Waals surface area (Å²) in [5.74, 6) is -1.23. The average Bonchev–Trinajstić information content (AvgIpc) is 3.82. The molecule has 0 radical (unpaired) electrons. The number of benzene rings is 2. The van der Waals surface area contributed by atoms with Gasteiger partial charge < -0.3 is 24.3 Å². The maximum absolute atomic E-state index is 16.4. The molecule has 2 aromatic carbocycles. The maximum Gasteiger partial charge on any atom is 0.256 e. The lowest BCUT2D eigenvalue weighted by atomic mass is 9.92. The molecule has 16 heteroatoms. The first-order chi connectivity index (χ1) is 29.1. The van der Waals surface area contributed by atoms with Crippen molar-refractivity contribution in [3.05, 3.63) is 81.3 Å². The first-order valence-corrected chi connectivity index (χ1v) is 22.1. The molecule has 4 aliphatic heterocycles. The summed E-state index contributed by atoms with van der Waals surface area (Å²) in [6.07, 6.45) is 10.1. The maximum atomic E-state index is 16.4. The predicted octanol–water partition coefficient (Wildman–Crippen LogP) is 7.09. The van der Waals surface area contributed by atoms with E-state index in [1.54, 1.807) is 33.3 Å². The Balaban J connectivity index is 0.789. The highest BCUT2D eigenvalue weighted by atomic mass is 35.5. The summed E-state index contributed by atoms with van der Waals surface area (Å²) in [7, 11) is 0. The van der Waals surface area contributed by atoms with Crippen LogP contribution in [0.15, 0.2) is 48.6 Å². The van der Waals surface area contributed by atoms with Gasteiger partial charge in [0, 0.05) is 60.4 Å². The summed E-state index contributed by atoms with van der Waals surface area (Å²) in [5.41, 5.74) is 1.63. The van der Waals surface area contributed by atoms with Crippen molar-refractivity contribution in [2.24, 2.45) is 0 Å². The number of hydrogen-bond donors (Lipinski definition) is 1. The number of piperidine rings is 2. The number of halogens is 3. The molecule has 316 valence electrons. The number of carbonyl (C=O) groups excluding carboxylic acids is 4. The third kappa shape index (κ3) is 8.48. The van der Waals surface area contributed by atoms with E-state index in [4.69, 9.17) is 16.3 Å². The Labute approximate surface area is 356 Å². The first kappa shape index (κ1) is 41.7. The standard InChI is InChI=1S/C44H48ClF2N7O5S/c1-2-36(56)52-18-20-53(21-19-52)42-28-23-31(45)37(39(47)40(28)48-26-49-42)38-32(46)9-8-10-34(38)59-22-7-5-3-4-6-15-51-16-13-27(14-17-51)41-29-24-54(44(58)30(29)25-60-41)33-11-12-35(55)50-43(33)57/h2,8-10,23,25-27,33H,1,3-7,11-22,24H2,(H,50,55,57). The number of carbonyl (C=O) groups is 4. The Morgan fingerprint density at radius 3 is 2.52 bits per heavy atom. The third-order valence-corrected chi connectivity index (χ3v) is 13.7. The molecule has 3 fully saturated rings. The van der Waals surface area contributed by atoms with E-state index in [0.29, 0.717) is 68.4 Å². The minimum atomic E-state index is -0.759. The second-order valence-corrected chi connectivity index (χ2v) is 17.2. The number of nitrogens with zero attached hydrogens (tertiary/aromatic N) is 6. The Kier molecular flexibility index (Phi) is 12.7. The average molecular weight is 860 g/mol. The van der Waals surface area contributed by atoms with Crippen molar-refractivity contribution >= 4 is 63.3 Å². The molecule has 0 saturated carbocycles. The van der Waals surface area contributed by atoms with Gasteiger partial charge in [0.15, 0.2) is 5.82 Å². The number of likely N-dealkylation sites (tertiary alicyclic amines) is 1. The summed E-state index contributed by atoms with van der Waals surface area (Å²) in [5, 5.41) is 4.74. The van der Waals surface area contributed by atoms with Crippen molar-refractivity contribution in [1.29, 1.82) is 0 Å². The molecule has 3 saturated heterocycles. The van der Waals surface area contributed by atoms with Gasteiger partial charge in [-0.05, 0) is 87.5 Å². The Hall–Kier alpha value is -4.99. The number of aromatic nitrogens is 2. The van der Waals surface area contributed by atoms with Gasteiger partial charge in [0.05, 0.1) is 22.8 Å². The number of anilines is 1. The predicted molar refractivity (Wildman–Crippen MR) is 226 cm³/mol. The fourth-order valence-electron chi connectivity index (χ4n) is 9.01. The topological polar surface area (TPSA) is 128 Å². The van der Waals surface area contributed by atoms with Gasteiger partial charge >= 0.3 is 0 Å². The molecule has 1 unspecified atom stereocenters. The Morgan fingerprint density at radius 1 is 0.983 bits per heavy atom. The number of fused-ring (bicyclic) bond motifs is 2. The molecule has 60 heavy (non-hydrogen) atoms. The minimum Gasteiger partial charge on any atom is -0.493 e. The molecule has 0 bridgehead atoms. The van der Waals surface area contributed by atoms with Crippen molar-refractivity contribution in [3.63, 3.8) is 0 Å². The molecule has 2 aromatic heterocycles. The number of piperazine rings is 1. The van der Waals surface area contributed by atoms with Gasteiger partial charge in [0.2, 0.25) is 17.7 Å². The third-order valence-electron chi connectivity index (χ3n) is 12.3. The summed E-state index contributed by atoms with van der Waals surface area (Å²) >= 11 is 8.39. The molecular weight excluding hydrogens is 812 g/mol. The number of unbranched alkanes of at least 4 members (excludes halogenated alkanes) is 4. The molecule has 4 aromatic rings. The van der Waals surface area contributed by atoms with Crippen LogP contribution in [-0.2, 0) is 20.9 Å². The molecule has 4 aliphatic rings. The normalized spacial score (nSPS) is 18.9. The molecule has 0 spiro atoms. The van der Waals surface area contributed by atoms with Crippen molar-refractivity contribution in [3.8, 4) is 16.9 Å². The molecule has 12 nitrogen and oxygen atoms in total. The van der Waals surface area contributed by atoms with Gasteiger partial charge in [-0.25, -0.2) is 18.7 Å². The van der Waals surface area contributed by atoms with Crippen molar-refractivity contribution in [1.82, 2.24) is 30.0 Å². The number of thiophene rings is 1. The zero-order valence-corrected chi connectivity index (χ0v) is 35.0. The van der Waals surface area contributed by atoms with E-state index in [9.17, 15) is 19.2 Å². The van der Waals surface area contributed by atoms with Crippen LogP contribution in [0.5, 0.6) is 5.75 Å². The van der Waals surface area contributed by atoms with Crippen molar-refractivity contribution in [2.75, 3.05) is 57.3 Å². The van der Waals surface area contributed by atoms with E-state index < -0.39 is 17.7 Å². The smallest absolute Gasteiger partial charge is 0.256 e. The second kappa shape index (κ2) is 18.3. The Morgan fingerprint density at radius 2 is 1.75 bits per heavy atom. The number of hydrogen-bond acceptors (Lipinski definition) is 10. The highest BCUT2D eigenvalue weighted by Gasteiger charge is 2.41. The zero-order chi connectivity index (χ0) is 41.9. The molecule has 0 aliphatic carbocycles. The monoisotopic (exact) mass is 859 g/mol. The van der Waals surface area contributed by atoms with Crippen LogP contribution in [0.3, 0.4) is 0 Å². The first-order valence-electron chi connectivity index (χ1n) is 20.8. The summed E-state index contributed by atoms with van der Waals surface area (Å²) in [4.78, 5) is 67.1. The highest BCUT2D eigenvalue weighted by Crippen LogP contribution is 2.43. The van der Waals surface area contributed by atoms with Gasteiger partial charge in [0.1, 0.15) is 35.3 Å². The summed E-state index contributed by atoms with van der Waals surface area (Å²) in [6.45, 7) is 9.25. The lowest BCUT2D eigenvalue weighted by Crippen LogP contribution is -2.52. The van der Waals surface area contributed by atoms with Gasteiger partial charge in [-0.1, -0.05) is 43.5 Å². The molecule has 8 rings (SSSR count). The minimum absolute atomic E-state index is 0.0144. The molecule has 1 atom stereocenters. The molecular formula is C44H48ClF2N7O5S. The number of ether oxygens (including phenoxy) is 1. The molecule has 4 amide bonds. The van der Waals surface area contributed by atoms with Crippen LogP contribution in [0.2, 0.25) is 5.02 Å². The van der Waals surface area contributed by atoms with E-state index in [0.717, 1.165) is 70.1 Å². The van der Waals surface area contributed by atoms with E-state index in [1.807, 2.05) is 10.3 Å². The zero-order valence-electron chi connectivity index (χ0n) is 33.4. The quantitative estimate of drug-likeness (QED) is 0.0803. The molecule has 6 heterocycles. The van der Waals surface area contributed by atoms with E-state index in [2.05, 4.69) is 26.8 Å². The van der Waals surface area contributed by atoms with Crippen LogP contribution in [0.1, 0.15) is 84.5 Å². The number of nitrogens with one attached hydrogen (secondary N) is 1. The summed E-state index contributed by atoms with van der Waals surface area (Å²) < 4.78 is 37.9. The van der Waals surface area contributed by atoms with E-state index in [1.165, 1.54) is 29.4 Å². The van der Waals surface area contributed by atoms with E-state index in [-0.39, 0.29) is 57.5 Å². The van der Waals surface area contributed by atoms with Gasteiger partial charge in [-0.2, -0.15) is 0 Å². The second-order valence-electron chi connectivity index (χ2n) is 15.9. The lowest BCUT2D eigenvalue weighted by molar-refractivity contribution is -0.137. The van der Waals surface area contributed by atoms with E-state index >= 15 is 8.78 Å². The fraction of sp³-hybridized carbons (Fsp3) is 0.455.